The van der Waals surface area contributed by atoms with Crippen molar-refractivity contribution in [2.45, 2.75) is 32.7 Å². The van der Waals surface area contributed by atoms with Gasteiger partial charge in [0.25, 0.3) is 0 Å². The number of nitrogens with zero attached hydrogens (tertiary/aromatic N) is 1. The Morgan fingerprint density at radius 2 is 1.95 bits per heavy atom. The van der Waals surface area contributed by atoms with Crippen molar-refractivity contribution in [2.75, 3.05) is 18.4 Å². The van der Waals surface area contributed by atoms with Gasteiger partial charge >= 0.3 is 0 Å². The molecular weight excluding hydrogens is 254 g/mol. The van der Waals surface area contributed by atoms with Gasteiger partial charge in [-0.1, -0.05) is 25.1 Å². The van der Waals surface area contributed by atoms with Crippen molar-refractivity contribution in [3.63, 3.8) is 0 Å². The predicted octanol–water partition coefficient (Wildman–Crippen LogP) is 1.60. The maximum atomic E-state index is 12.0. The summed E-state index contributed by atoms with van der Waals surface area (Å²) in [5, 5.41) is 2.84. The minimum absolute atomic E-state index is 0.0221. The molecule has 1 aromatic rings. The normalized spacial score (nSPS) is 12.2. The van der Waals surface area contributed by atoms with E-state index in [9.17, 15) is 9.59 Å². The molecule has 0 unspecified atom stereocenters. The zero-order chi connectivity index (χ0) is 15.0. The molecule has 0 aromatic heterocycles. The van der Waals surface area contributed by atoms with Gasteiger partial charge in [-0.3, -0.25) is 14.5 Å². The standard InChI is InChI=1S/C15H23N3O2/c1-3-9-18(11-14(16)19)12(2)10-15(20)17-13-7-5-4-6-8-13/h4-8,12H,3,9-11H2,1-2H3,(H2,16,19)(H,17,20)/t12-/m0/s1. The van der Waals surface area contributed by atoms with Gasteiger partial charge in [-0.25, -0.2) is 0 Å². The molecule has 110 valence electrons. The maximum absolute atomic E-state index is 12.0. The van der Waals surface area contributed by atoms with Crippen molar-refractivity contribution in [1.29, 1.82) is 0 Å². The molecule has 20 heavy (non-hydrogen) atoms. The van der Waals surface area contributed by atoms with Crippen molar-refractivity contribution in [1.82, 2.24) is 4.90 Å². The van der Waals surface area contributed by atoms with Crippen LogP contribution in [-0.2, 0) is 9.59 Å². The Kier molecular flexibility index (Phi) is 6.73. The highest BCUT2D eigenvalue weighted by Crippen LogP contribution is 2.09. The summed E-state index contributed by atoms with van der Waals surface area (Å²) >= 11 is 0. The number of para-hydroxylation sites is 1. The van der Waals surface area contributed by atoms with Crippen LogP contribution >= 0.6 is 0 Å². The third-order valence-corrected chi connectivity index (χ3v) is 3.03. The number of amides is 2. The molecule has 0 spiro atoms. The number of nitrogens with two attached hydrogens (primary N) is 1. The summed E-state index contributed by atoms with van der Waals surface area (Å²) in [7, 11) is 0. The quantitative estimate of drug-likeness (QED) is 0.758. The molecular formula is C15H23N3O2. The molecule has 0 saturated heterocycles. The Morgan fingerprint density at radius 1 is 1.30 bits per heavy atom. The highest BCUT2D eigenvalue weighted by atomic mass is 16.2. The minimum atomic E-state index is -0.367. The van der Waals surface area contributed by atoms with E-state index in [1.54, 1.807) is 0 Å². The average molecular weight is 277 g/mol. The summed E-state index contributed by atoms with van der Waals surface area (Å²) in [5.41, 5.74) is 6.01. The molecule has 0 saturated carbocycles. The van der Waals surface area contributed by atoms with Crippen LogP contribution in [0.3, 0.4) is 0 Å². The molecule has 2 amide bonds. The number of benzene rings is 1. The molecule has 1 atom stereocenters. The minimum Gasteiger partial charge on any atom is -0.369 e. The van der Waals surface area contributed by atoms with Crippen LogP contribution in [0, 0.1) is 0 Å². The van der Waals surface area contributed by atoms with E-state index in [0.717, 1.165) is 18.7 Å². The lowest BCUT2D eigenvalue weighted by Gasteiger charge is -2.27. The first kappa shape index (κ1) is 16.2. The van der Waals surface area contributed by atoms with Gasteiger partial charge in [0.1, 0.15) is 0 Å². The van der Waals surface area contributed by atoms with E-state index in [4.69, 9.17) is 5.73 Å². The van der Waals surface area contributed by atoms with E-state index < -0.39 is 0 Å². The molecule has 0 radical (unpaired) electrons. The van der Waals surface area contributed by atoms with Gasteiger partial charge in [-0.2, -0.15) is 0 Å². The lowest BCUT2D eigenvalue weighted by molar-refractivity contribution is -0.121. The van der Waals surface area contributed by atoms with Crippen molar-refractivity contribution < 1.29 is 9.59 Å². The molecule has 0 fully saturated rings. The van der Waals surface area contributed by atoms with Gasteiger partial charge in [0, 0.05) is 18.2 Å². The molecule has 0 aliphatic rings. The van der Waals surface area contributed by atoms with E-state index in [-0.39, 0.29) is 24.4 Å². The second-order valence-corrected chi connectivity index (χ2v) is 4.90. The zero-order valence-corrected chi connectivity index (χ0v) is 12.1. The summed E-state index contributed by atoms with van der Waals surface area (Å²) in [6, 6.07) is 9.30. The average Bonchev–Trinajstić information content (AvgIpc) is 2.38. The zero-order valence-electron chi connectivity index (χ0n) is 12.1. The van der Waals surface area contributed by atoms with Crippen LogP contribution in [0.4, 0.5) is 5.69 Å². The number of hydrogen-bond donors (Lipinski definition) is 2. The number of primary amides is 1. The topological polar surface area (TPSA) is 75.4 Å². The number of hydrogen-bond acceptors (Lipinski definition) is 3. The van der Waals surface area contributed by atoms with Crippen LogP contribution in [0.5, 0.6) is 0 Å². The van der Waals surface area contributed by atoms with Crippen molar-refractivity contribution in [3.8, 4) is 0 Å². The van der Waals surface area contributed by atoms with Crippen LogP contribution < -0.4 is 11.1 Å². The predicted molar refractivity (Wildman–Crippen MR) is 80.2 cm³/mol. The summed E-state index contributed by atoms with van der Waals surface area (Å²) in [5.74, 6) is -0.428. The lowest BCUT2D eigenvalue weighted by Crippen LogP contribution is -2.41. The molecule has 0 aliphatic carbocycles. The van der Waals surface area contributed by atoms with Crippen LogP contribution in [0.15, 0.2) is 30.3 Å². The second-order valence-electron chi connectivity index (χ2n) is 4.90. The van der Waals surface area contributed by atoms with Crippen molar-refractivity contribution >= 4 is 17.5 Å². The molecule has 0 heterocycles. The van der Waals surface area contributed by atoms with Gasteiger partial charge < -0.3 is 11.1 Å². The number of nitrogens with one attached hydrogen (secondary N) is 1. The largest absolute Gasteiger partial charge is 0.369 e. The first-order valence-corrected chi connectivity index (χ1v) is 6.90. The Morgan fingerprint density at radius 3 is 2.50 bits per heavy atom. The Balaban J connectivity index is 2.51. The molecule has 5 heteroatoms. The summed E-state index contributed by atoms with van der Waals surface area (Å²) < 4.78 is 0. The Bertz CT molecular complexity index is 434. The van der Waals surface area contributed by atoms with E-state index in [2.05, 4.69) is 5.32 Å². The maximum Gasteiger partial charge on any atom is 0.231 e. The smallest absolute Gasteiger partial charge is 0.231 e. The van der Waals surface area contributed by atoms with E-state index >= 15 is 0 Å². The lowest BCUT2D eigenvalue weighted by atomic mass is 10.1. The van der Waals surface area contributed by atoms with Gasteiger partial charge in [0.05, 0.1) is 6.54 Å². The van der Waals surface area contributed by atoms with Crippen LogP contribution in [0.1, 0.15) is 26.7 Å². The highest BCUT2D eigenvalue weighted by Gasteiger charge is 2.18. The van der Waals surface area contributed by atoms with Gasteiger partial charge in [0.2, 0.25) is 11.8 Å². The SMILES string of the molecule is CCCN(CC(N)=O)[C@@H](C)CC(=O)Nc1ccccc1. The summed E-state index contributed by atoms with van der Waals surface area (Å²) in [6.07, 6.45) is 1.25. The van der Waals surface area contributed by atoms with Gasteiger partial charge in [0.15, 0.2) is 0 Å². The number of anilines is 1. The molecule has 0 bridgehead atoms. The van der Waals surface area contributed by atoms with E-state index in [1.165, 1.54) is 0 Å². The van der Waals surface area contributed by atoms with E-state index in [0.29, 0.717) is 6.42 Å². The highest BCUT2D eigenvalue weighted by molar-refractivity contribution is 5.91. The third kappa shape index (κ3) is 5.84. The monoisotopic (exact) mass is 277 g/mol. The van der Waals surface area contributed by atoms with Gasteiger partial charge in [-0.15, -0.1) is 0 Å². The fourth-order valence-electron chi connectivity index (χ4n) is 2.07. The third-order valence-electron chi connectivity index (χ3n) is 3.03. The summed E-state index contributed by atoms with van der Waals surface area (Å²) in [4.78, 5) is 24.9. The van der Waals surface area contributed by atoms with Crippen LogP contribution in [0.25, 0.3) is 0 Å². The van der Waals surface area contributed by atoms with Crippen molar-refractivity contribution in [2.24, 2.45) is 5.73 Å². The fraction of sp³-hybridized carbons (Fsp3) is 0.467. The molecule has 3 N–H and O–H groups in total. The van der Waals surface area contributed by atoms with Crippen LogP contribution in [-0.4, -0.2) is 35.8 Å². The summed E-state index contributed by atoms with van der Waals surface area (Å²) in [6.45, 7) is 4.91. The van der Waals surface area contributed by atoms with E-state index in [1.807, 2.05) is 49.1 Å². The van der Waals surface area contributed by atoms with Crippen molar-refractivity contribution in [3.05, 3.63) is 30.3 Å². The van der Waals surface area contributed by atoms with Crippen LogP contribution in [0.2, 0.25) is 0 Å². The molecule has 1 rings (SSSR count). The number of carbonyl (C=O) groups is 2. The second kappa shape index (κ2) is 8.32. The Labute approximate surface area is 120 Å². The molecule has 1 aromatic carbocycles. The molecule has 5 nitrogen and oxygen atoms in total. The number of carbonyl (C=O) groups excluding carboxylic acids is 2. The first-order chi connectivity index (χ1) is 9.52. The Hall–Kier alpha value is -1.88. The number of rotatable bonds is 8. The fourth-order valence-corrected chi connectivity index (χ4v) is 2.07. The van der Waals surface area contributed by atoms with Gasteiger partial charge in [-0.05, 0) is 32.0 Å². The molecule has 0 aliphatic heterocycles. The first-order valence-electron chi connectivity index (χ1n) is 6.90.